The molecule has 0 bridgehead atoms. The standard InChI is InChI=1S/C24H28N2O3/c1-24(2,3)23(29)25-20-11-7-10-19(16-20)22(28)26-14-12-18(13-15-26)21(27)17-8-5-4-6-9-17/h4-11,16,18H,12-15H2,1-3H3,(H,25,29). The highest BCUT2D eigenvalue weighted by atomic mass is 16.2. The number of amides is 2. The Kier molecular flexibility index (Phi) is 6.16. The molecular formula is C24H28N2O3. The van der Waals surface area contributed by atoms with E-state index in [0.717, 1.165) is 5.56 Å². The van der Waals surface area contributed by atoms with Gasteiger partial charge in [0.05, 0.1) is 0 Å². The average molecular weight is 392 g/mol. The summed E-state index contributed by atoms with van der Waals surface area (Å²) >= 11 is 0. The number of hydrogen-bond acceptors (Lipinski definition) is 3. The van der Waals surface area contributed by atoms with Crippen LogP contribution in [0.3, 0.4) is 0 Å². The van der Waals surface area contributed by atoms with Crippen molar-refractivity contribution < 1.29 is 14.4 Å². The third kappa shape index (κ3) is 5.11. The van der Waals surface area contributed by atoms with Crippen LogP contribution in [-0.4, -0.2) is 35.6 Å². The van der Waals surface area contributed by atoms with Crippen LogP contribution in [0.15, 0.2) is 54.6 Å². The second-order valence-corrected chi connectivity index (χ2v) is 8.58. The van der Waals surface area contributed by atoms with Crippen molar-refractivity contribution in [2.24, 2.45) is 11.3 Å². The summed E-state index contributed by atoms with van der Waals surface area (Å²) < 4.78 is 0. The minimum Gasteiger partial charge on any atom is -0.339 e. The number of carbonyl (C=O) groups excluding carboxylic acids is 3. The highest BCUT2D eigenvalue weighted by Gasteiger charge is 2.28. The molecule has 0 aliphatic carbocycles. The summed E-state index contributed by atoms with van der Waals surface area (Å²) in [4.78, 5) is 39.5. The van der Waals surface area contributed by atoms with Crippen LogP contribution in [0.25, 0.3) is 0 Å². The molecule has 1 heterocycles. The van der Waals surface area contributed by atoms with Crippen LogP contribution in [0.5, 0.6) is 0 Å². The van der Waals surface area contributed by atoms with E-state index in [1.54, 1.807) is 29.2 Å². The second kappa shape index (κ2) is 8.60. The minimum absolute atomic E-state index is 0.0427. The van der Waals surface area contributed by atoms with Gasteiger partial charge in [0, 0.05) is 41.2 Å². The van der Waals surface area contributed by atoms with Crippen molar-refractivity contribution in [3.63, 3.8) is 0 Å². The third-order valence-electron chi connectivity index (χ3n) is 5.26. The number of benzene rings is 2. The first-order chi connectivity index (χ1) is 13.8. The van der Waals surface area contributed by atoms with Gasteiger partial charge in [0.25, 0.3) is 5.91 Å². The van der Waals surface area contributed by atoms with Crippen molar-refractivity contribution in [2.75, 3.05) is 18.4 Å². The van der Waals surface area contributed by atoms with Gasteiger partial charge >= 0.3 is 0 Å². The van der Waals surface area contributed by atoms with Crippen LogP contribution in [0, 0.1) is 11.3 Å². The predicted molar refractivity (Wildman–Crippen MR) is 114 cm³/mol. The third-order valence-corrected chi connectivity index (χ3v) is 5.26. The van der Waals surface area contributed by atoms with E-state index in [1.165, 1.54) is 0 Å². The Morgan fingerprint density at radius 2 is 1.52 bits per heavy atom. The van der Waals surface area contributed by atoms with Gasteiger partial charge < -0.3 is 10.2 Å². The number of carbonyl (C=O) groups is 3. The van der Waals surface area contributed by atoms with E-state index in [0.29, 0.717) is 37.2 Å². The molecule has 152 valence electrons. The van der Waals surface area contributed by atoms with Gasteiger partial charge in [-0.3, -0.25) is 14.4 Å². The van der Waals surface area contributed by atoms with Crippen molar-refractivity contribution in [1.82, 2.24) is 4.90 Å². The number of anilines is 1. The van der Waals surface area contributed by atoms with Crippen molar-refractivity contribution >= 4 is 23.3 Å². The van der Waals surface area contributed by atoms with Gasteiger partial charge in [-0.15, -0.1) is 0 Å². The molecule has 0 spiro atoms. The molecule has 3 rings (SSSR count). The Balaban J connectivity index is 1.61. The molecule has 5 heteroatoms. The molecule has 1 saturated heterocycles. The number of piperidine rings is 1. The molecule has 1 aliphatic heterocycles. The smallest absolute Gasteiger partial charge is 0.253 e. The van der Waals surface area contributed by atoms with E-state index in [9.17, 15) is 14.4 Å². The topological polar surface area (TPSA) is 66.5 Å². The lowest BCUT2D eigenvalue weighted by Crippen LogP contribution is -2.40. The van der Waals surface area contributed by atoms with Gasteiger partial charge in [0.2, 0.25) is 5.91 Å². The van der Waals surface area contributed by atoms with Crippen molar-refractivity contribution in [3.8, 4) is 0 Å². The monoisotopic (exact) mass is 392 g/mol. The first-order valence-corrected chi connectivity index (χ1v) is 10.1. The molecule has 0 aromatic heterocycles. The summed E-state index contributed by atoms with van der Waals surface area (Å²) in [6.07, 6.45) is 1.33. The maximum atomic E-state index is 12.9. The first-order valence-electron chi connectivity index (χ1n) is 10.1. The van der Waals surface area contributed by atoms with Gasteiger partial charge in [0.1, 0.15) is 0 Å². The summed E-state index contributed by atoms with van der Waals surface area (Å²) in [5.74, 6) is -0.0479. The lowest BCUT2D eigenvalue weighted by molar-refractivity contribution is -0.123. The fraction of sp³-hybridized carbons (Fsp3) is 0.375. The summed E-state index contributed by atoms with van der Waals surface area (Å²) in [7, 11) is 0. The molecule has 2 amide bonds. The zero-order valence-corrected chi connectivity index (χ0v) is 17.3. The molecule has 0 radical (unpaired) electrons. The molecular weight excluding hydrogens is 364 g/mol. The van der Waals surface area contributed by atoms with Gasteiger partial charge in [0.15, 0.2) is 5.78 Å². The van der Waals surface area contributed by atoms with E-state index < -0.39 is 5.41 Å². The molecule has 1 N–H and O–H groups in total. The number of nitrogens with zero attached hydrogens (tertiary/aromatic N) is 1. The molecule has 0 unspecified atom stereocenters. The molecule has 2 aromatic rings. The van der Waals surface area contributed by atoms with Crippen LogP contribution in [0.4, 0.5) is 5.69 Å². The quantitative estimate of drug-likeness (QED) is 0.784. The minimum atomic E-state index is -0.507. The predicted octanol–water partition coefficient (Wildman–Crippen LogP) is 4.41. The highest BCUT2D eigenvalue weighted by Crippen LogP contribution is 2.24. The van der Waals surface area contributed by atoms with E-state index in [-0.39, 0.29) is 23.5 Å². The van der Waals surface area contributed by atoms with Gasteiger partial charge in [-0.25, -0.2) is 0 Å². The normalized spacial score (nSPS) is 15.1. The Bertz CT molecular complexity index is 892. The number of rotatable bonds is 4. The first kappa shape index (κ1) is 20.8. The molecule has 2 aromatic carbocycles. The van der Waals surface area contributed by atoms with E-state index in [1.807, 2.05) is 51.1 Å². The number of ketones is 1. The lowest BCUT2D eigenvalue weighted by Gasteiger charge is -2.31. The molecule has 5 nitrogen and oxygen atoms in total. The summed E-state index contributed by atoms with van der Waals surface area (Å²) in [6.45, 7) is 6.65. The van der Waals surface area contributed by atoms with Crippen LogP contribution in [0.2, 0.25) is 0 Å². The summed E-state index contributed by atoms with van der Waals surface area (Å²) in [5, 5.41) is 2.87. The van der Waals surface area contributed by atoms with Crippen molar-refractivity contribution in [1.29, 1.82) is 0 Å². The van der Waals surface area contributed by atoms with Crippen LogP contribution >= 0.6 is 0 Å². The molecule has 0 atom stereocenters. The Hall–Kier alpha value is -2.95. The number of Topliss-reactive ketones (excluding diaryl/α,β-unsaturated/α-hetero) is 1. The Morgan fingerprint density at radius 1 is 0.897 bits per heavy atom. The number of nitrogens with one attached hydrogen (secondary N) is 1. The largest absolute Gasteiger partial charge is 0.339 e. The van der Waals surface area contributed by atoms with E-state index >= 15 is 0 Å². The lowest BCUT2D eigenvalue weighted by atomic mass is 9.88. The SMILES string of the molecule is CC(C)(C)C(=O)Nc1cccc(C(=O)N2CCC(C(=O)c3ccccc3)CC2)c1. The fourth-order valence-electron chi connectivity index (χ4n) is 3.41. The summed E-state index contributed by atoms with van der Waals surface area (Å²) in [5.41, 5.74) is 1.39. The van der Waals surface area contributed by atoms with E-state index in [4.69, 9.17) is 0 Å². The maximum Gasteiger partial charge on any atom is 0.253 e. The molecule has 1 fully saturated rings. The van der Waals surface area contributed by atoms with Gasteiger partial charge in [-0.05, 0) is 31.0 Å². The number of likely N-dealkylation sites (tertiary alicyclic amines) is 1. The van der Waals surface area contributed by atoms with Crippen molar-refractivity contribution in [3.05, 3.63) is 65.7 Å². The zero-order chi connectivity index (χ0) is 21.0. The maximum absolute atomic E-state index is 12.9. The fourth-order valence-corrected chi connectivity index (χ4v) is 3.41. The van der Waals surface area contributed by atoms with Crippen molar-refractivity contribution in [2.45, 2.75) is 33.6 Å². The average Bonchev–Trinajstić information content (AvgIpc) is 2.73. The summed E-state index contributed by atoms with van der Waals surface area (Å²) in [6, 6.07) is 16.4. The van der Waals surface area contributed by atoms with Crippen LogP contribution in [-0.2, 0) is 4.79 Å². The van der Waals surface area contributed by atoms with Crippen LogP contribution in [0.1, 0.15) is 54.3 Å². The van der Waals surface area contributed by atoms with E-state index in [2.05, 4.69) is 5.32 Å². The number of hydrogen-bond donors (Lipinski definition) is 1. The Labute approximate surface area is 172 Å². The van der Waals surface area contributed by atoms with Gasteiger partial charge in [-0.2, -0.15) is 0 Å². The second-order valence-electron chi connectivity index (χ2n) is 8.58. The Morgan fingerprint density at radius 3 is 2.14 bits per heavy atom. The zero-order valence-electron chi connectivity index (χ0n) is 17.3. The van der Waals surface area contributed by atoms with Crippen LogP contribution < -0.4 is 5.32 Å². The molecule has 0 saturated carbocycles. The van der Waals surface area contributed by atoms with Gasteiger partial charge in [-0.1, -0.05) is 57.2 Å². The molecule has 1 aliphatic rings. The highest BCUT2D eigenvalue weighted by molar-refractivity contribution is 5.99. The molecule has 29 heavy (non-hydrogen) atoms.